The summed E-state index contributed by atoms with van der Waals surface area (Å²) in [4.78, 5) is 3.26. The van der Waals surface area contributed by atoms with Crippen molar-refractivity contribution in [3.05, 3.63) is 24.0 Å². The first-order valence-corrected chi connectivity index (χ1v) is 6.66. The topological polar surface area (TPSA) is 15.8 Å². The van der Waals surface area contributed by atoms with E-state index in [1.807, 2.05) is 41.5 Å². The van der Waals surface area contributed by atoms with Gasteiger partial charge >= 0.3 is 0 Å². The predicted molar refractivity (Wildman–Crippen MR) is 56.0 cm³/mol. The molecule has 2 heterocycles. The fraction of sp³-hybridized carbons (Fsp3) is 0.429. The van der Waals surface area contributed by atoms with Gasteiger partial charge in [-0.3, -0.25) is 0 Å². The first-order chi connectivity index (χ1) is 5.47. The third-order valence-electron chi connectivity index (χ3n) is 1.48. The summed E-state index contributed by atoms with van der Waals surface area (Å²) in [5.74, 6) is 0. The largest absolute Gasteiger partial charge is 0.363 e. The maximum atomic E-state index is 3.26. The van der Waals surface area contributed by atoms with Crippen LogP contribution in [0.15, 0.2) is 18.3 Å². The molecular formula is C7H9NS3. The highest BCUT2D eigenvalue weighted by molar-refractivity contribution is 8.32. The lowest BCUT2D eigenvalue weighted by Crippen LogP contribution is -1.95. The number of nitrogens with one attached hydrogen (secondary N) is 1. The van der Waals surface area contributed by atoms with Crippen LogP contribution in [0.1, 0.15) is 10.3 Å². The molecule has 1 N–H and O–H groups in total. The van der Waals surface area contributed by atoms with E-state index in [4.69, 9.17) is 0 Å². The Morgan fingerprint density at radius 2 is 2.18 bits per heavy atom. The van der Waals surface area contributed by atoms with Gasteiger partial charge in [0.05, 0.1) is 4.58 Å². The normalized spacial score (nSPS) is 20.4. The van der Waals surface area contributed by atoms with E-state index >= 15 is 0 Å². The van der Waals surface area contributed by atoms with Crippen molar-refractivity contribution in [1.29, 1.82) is 0 Å². The van der Waals surface area contributed by atoms with Crippen molar-refractivity contribution in [1.82, 2.24) is 4.98 Å². The monoisotopic (exact) mass is 203 g/mol. The summed E-state index contributed by atoms with van der Waals surface area (Å²) in [6, 6.07) is 4.23. The van der Waals surface area contributed by atoms with E-state index in [0.29, 0.717) is 4.58 Å². The summed E-state index contributed by atoms with van der Waals surface area (Å²) in [7, 11) is 0. The predicted octanol–water partition coefficient (Wildman–Crippen LogP) is 3.14. The second-order valence-electron chi connectivity index (χ2n) is 2.23. The zero-order valence-corrected chi connectivity index (χ0v) is 8.40. The molecule has 0 amide bonds. The van der Waals surface area contributed by atoms with Gasteiger partial charge in [-0.15, -0.1) is 35.3 Å². The van der Waals surface area contributed by atoms with Gasteiger partial charge in [-0.25, -0.2) is 0 Å². The molecule has 0 radical (unpaired) electrons. The highest BCUT2D eigenvalue weighted by atomic mass is 32.3. The quantitative estimate of drug-likeness (QED) is 0.755. The van der Waals surface area contributed by atoms with E-state index in [2.05, 4.69) is 17.1 Å². The van der Waals surface area contributed by atoms with Crippen LogP contribution in [-0.2, 0) is 0 Å². The highest BCUT2D eigenvalue weighted by Crippen LogP contribution is 2.46. The third-order valence-corrected chi connectivity index (χ3v) is 5.83. The lowest BCUT2D eigenvalue weighted by molar-refractivity contribution is 1.22. The maximum Gasteiger partial charge on any atom is 0.0916 e. The van der Waals surface area contributed by atoms with Gasteiger partial charge in [0, 0.05) is 22.1 Å². The molecule has 1 saturated heterocycles. The minimum absolute atomic E-state index is 0.645. The second-order valence-corrected chi connectivity index (χ2v) is 6.43. The molecule has 1 aliphatic heterocycles. The molecule has 0 atom stereocenters. The Kier molecular flexibility index (Phi) is 2.77. The Morgan fingerprint density at radius 3 is 2.82 bits per heavy atom. The highest BCUT2D eigenvalue weighted by Gasteiger charge is 2.16. The maximum absolute atomic E-state index is 3.26. The average Bonchev–Trinajstić information content (AvgIpc) is 2.58. The van der Waals surface area contributed by atoms with Crippen molar-refractivity contribution in [3.8, 4) is 0 Å². The molecule has 0 unspecified atom stereocenters. The van der Waals surface area contributed by atoms with Crippen LogP contribution in [0.5, 0.6) is 0 Å². The van der Waals surface area contributed by atoms with E-state index in [1.54, 1.807) is 0 Å². The van der Waals surface area contributed by atoms with Crippen molar-refractivity contribution in [3.63, 3.8) is 0 Å². The molecule has 1 aliphatic rings. The van der Waals surface area contributed by atoms with Gasteiger partial charge in [0.25, 0.3) is 0 Å². The van der Waals surface area contributed by atoms with E-state index in [-0.39, 0.29) is 0 Å². The Balaban J connectivity index is 2.04. The van der Waals surface area contributed by atoms with Gasteiger partial charge in [0.2, 0.25) is 0 Å². The van der Waals surface area contributed by atoms with Crippen LogP contribution in [0.25, 0.3) is 0 Å². The van der Waals surface area contributed by atoms with Crippen molar-refractivity contribution in [2.45, 2.75) is 4.58 Å². The average molecular weight is 203 g/mol. The Hall–Kier alpha value is 0.330. The summed E-state index contributed by atoms with van der Waals surface area (Å²) in [6.07, 6.45) is 2.00. The number of hydrogen-bond donors (Lipinski definition) is 1. The number of aromatic nitrogens is 1. The lowest BCUT2D eigenvalue weighted by atomic mass is 10.5. The fourth-order valence-corrected chi connectivity index (χ4v) is 5.65. The number of hydrogen-bond acceptors (Lipinski definition) is 3. The minimum Gasteiger partial charge on any atom is -0.363 e. The number of H-pyrrole nitrogens is 1. The third kappa shape index (κ3) is 1.92. The van der Waals surface area contributed by atoms with Gasteiger partial charge in [-0.2, -0.15) is 0 Å². The van der Waals surface area contributed by atoms with Gasteiger partial charge < -0.3 is 4.98 Å². The summed E-state index contributed by atoms with van der Waals surface area (Å²) >= 11 is 6.04. The number of aromatic amines is 1. The summed E-state index contributed by atoms with van der Waals surface area (Å²) < 4.78 is 0.645. The molecule has 1 nitrogen and oxygen atoms in total. The smallest absolute Gasteiger partial charge is 0.0916 e. The summed E-state index contributed by atoms with van der Waals surface area (Å²) in [6.45, 7) is 0. The van der Waals surface area contributed by atoms with E-state index in [1.165, 1.54) is 15.9 Å². The van der Waals surface area contributed by atoms with Crippen LogP contribution in [0.3, 0.4) is 0 Å². The molecule has 0 aromatic carbocycles. The zero-order valence-electron chi connectivity index (χ0n) is 5.95. The van der Waals surface area contributed by atoms with E-state index in [9.17, 15) is 0 Å². The van der Waals surface area contributed by atoms with Gasteiger partial charge in [-0.05, 0) is 12.1 Å². The minimum atomic E-state index is 0.645. The zero-order chi connectivity index (χ0) is 7.52. The van der Waals surface area contributed by atoms with Crippen molar-refractivity contribution in [2.24, 2.45) is 0 Å². The molecule has 1 fully saturated rings. The molecule has 0 spiro atoms. The first-order valence-electron chi connectivity index (χ1n) is 3.41. The van der Waals surface area contributed by atoms with Crippen LogP contribution < -0.4 is 0 Å². The van der Waals surface area contributed by atoms with Gasteiger partial charge in [0.1, 0.15) is 0 Å². The molecule has 0 saturated carbocycles. The molecule has 0 aliphatic carbocycles. The molecule has 1 aromatic heterocycles. The molecule has 1 aromatic rings. The lowest BCUT2D eigenvalue weighted by Gasteiger charge is -2.18. The number of rotatable bonds is 1. The fourth-order valence-electron chi connectivity index (χ4n) is 0.972. The van der Waals surface area contributed by atoms with Crippen LogP contribution in [-0.4, -0.2) is 15.2 Å². The van der Waals surface area contributed by atoms with E-state index < -0.39 is 0 Å². The van der Waals surface area contributed by atoms with Crippen LogP contribution in [0.4, 0.5) is 0 Å². The van der Waals surface area contributed by atoms with E-state index in [0.717, 1.165) is 0 Å². The van der Waals surface area contributed by atoms with Crippen LogP contribution in [0, 0.1) is 0 Å². The Labute approximate surface area is 79.1 Å². The SMILES string of the molecule is c1c[nH]c(C2SCSCS2)c1. The molecular weight excluding hydrogens is 194 g/mol. The summed E-state index contributed by atoms with van der Waals surface area (Å²) in [5, 5.41) is 2.47. The van der Waals surface area contributed by atoms with Crippen LogP contribution in [0.2, 0.25) is 0 Å². The standard InChI is InChI=1S/C7H9NS3/c1-2-6(8-3-1)7-10-4-9-5-11-7/h1-3,7-8H,4-5H2. The number of thioether (sulfide) groups is 3. The second kappa shape index (κ2) is 3.83. The Morgan fingerprint density at radius 1 is 1.36 bits per heavy atom. The van der Waals surface area contributed by atoms with Gasteiger partial charge in [0.15, 0.2) is 0 Å². The van der Waals surface area contributed by atoms with Gasteiger partial charge in [-0.1, -0.05) is 0 Å². The molecule has 2 rings (SSSR count). The Bertz CT molecular complexity index is 203. The summed E-state index contributed by atoms with van der Waals surface area (Å²) in [5.41, 5.74) is 1.36. The molecule has 0 bridgehead atoms. The molecule has 60 valence electrons. The van der Waals surface area contributed by atoms with Crippen molar-refractivity contribution < 1.29 is 0 Å². The molecule has 11 heavy (non-hydrogen) atoms. The van der Waals surface area contributed by atoms with Crippen LogP contribution >= 0.6 is 35.3 Å². The molecule has 4 heteroatoms. The first kappa shape index (κ1) is 7.95. The van der Waals surface area contributed by atoms with Crippen molar-refractivity contribution in [2.75, 3.05) is 10.2 Å². The van der Waals surface area contributed by atoms with Crippen molar-refractivity contribution >= 4 is 35.3 Å².